The molecule has 0 radical (unpaired) electrons. The Balaban J connectivity index is 3.60. The van der Waals surface area contributed by atoms with Crippen molar-refractivity contribution in [2.75, 3.05) is 106 Å². The van der Waals surface area contributed by atoms with Crippen LogP contribution in [0.2, 0.25) is 0 Å². The van der Waals surface area contributed by atoms with E-state index in [1.807, 2.05) is 0 Å². The van der Waals surface area contributed by atoms with Crippen LogP contribution >= 0.6 is 0 Å². The topological polar surface area (TPSA) is 421 Å². The van der Waals surface area contributed by atoms with Gasteiger partial charge >= 0.3 is 95.5 Å². The van der Waals surface area contributed by atoms with Gasteiger partial charge in [-0.1, -0.05) is 32.6 Å². The van der Waals surface area contributed by atoms with Gasteiger partial charge in [0.25, 0.3) is 0 Å². The minimum absolute atomic E-state index is 0.146. The molecule has 0 atom stereocenters. The zero-order valence-electron chi connectivity index (χ0n) is 69.7. The summed E-state index contributed by atoms with van der Waals surface area (Å²) in [4.78, 5) is 191. The highest BCUT2D eigenvalue weighted by molar-refractivity contribution is 5.74. The summed E-state index contributed by atoms with van der Waals surface area (Å²) in [5, 5.41) is 0. The molecule has 0 aliphatic heterocycles. The van der Waals surface area contributed by atoms with Gasteiger partial charge in [0, 0.05) is 103 Å². The highest BCUT2D eigenvalue weighted by Gasteiger charge is 2.16. The Kier molecular flexibility index (Phi) is 74.4. The van der Waals surface area contributed by atoms with Gasteiger partial charge in [-0.3, -0.25) is 76.7 Å². The lowest BCUT2D eigenvalue weighted by Gasteiger charge is -2.08. The molecule has 0 spiro atoms. The summed E-state index contributed by atoms with van der Waals surface area (Å²) in [6.07, 6.45) is 23.2. The first-order valence-corrected chi connectivity index (χ1v) is 42.6. The third kappa shape index (κ3) is 79.4. The van der Waals surface area contributed by atoms with Gasteiger partial charge in [0.1, 0.15) is 0 Å². The predicted molar refractivity (Wildman–Crippen MR) is 418 cm³/mol. The van der Waals surface area contributed by atoms with Crippen molar-refractivity contribution < 1.29 is 153 Å². The number of hydrogen-bond donors (Lipinski definition) is 0. The molecule has 0 fully saturated rings. The Morgan fingerprint density at radius 2 is 0.224 bits per heavy atom. The largest absolute Gasteiger partial charge is 0.469 e. The molecule has 0 aromatic carbocycles. The first-order chi connectivity index (χ1) is 56.2. The average molecular weight is 1660 g/mol. The van der Waals surface area contributed by atoms with Crippen molar-refractivity contribution in [1.29, 1.82) is 0 Å². The van der Waals surface area contributed by atoms with Crippen LogP contribution in [0.4, 0.5) is 0 Å². The molecule has 0 bridgehead atoms. The van der Waals surface area contributed by atoms with Crippen molar-refractivity contribution >= 4 is 95.5 Å². The van der Waals surface area contributed by atoms with Crippen LogP contribution in [0, 0.1) is 0 Å². The summed E-state index contributed by atoms with van der Waals surface area (Å²) in [5.74, 6) is -5.81. The maximum atomic E-state index is 12.1. The number of carbonyl (C=O) groups is 16. The van der Waals surface area contributed by atoms with Gasteiger partial charge in [-0.15, -0.1) is 0 Å². The smallest absolute Gasteiger partial charge is 0.305 e. The fourth-order valence-corrected chi connectivity index (χ4v) is 10.4. The van der Waals surface area contributed by atoms with Crippen LogP contribution < -0.4 is 0 Å². The van der Waals surface area contributed by atoms with Gasteiger partial charge in [-0.2, -0.15) is 0 Å². The molecule has 0 heterocycles. The third-order valence-corrected chi connectivity index (χ3v) is 17.3. The van der Waals surface area contributed by atoms with Crippen molar-refractivity contribution in [3.05, 3.63) is 0 Å². The Morgan fingerprint density at radius 1 is 0.129 bits per heavy atom. The fourth-order valence-electron chi connectivity index (χ4n) is 10.4. The second-order valence-electron chi connectivity index (χ2n) is 27.9. The number of esters is 16. The maximum absolute atomic E-state index is 12.1. The second-order valence-corrected chi connectivity index (χ2v) is 27.9. The van der Waals surface area contributed by atoms with Crippen LogP contribution in [-0.4, -0.2) is 202 Å². The number of hydrogen-bond acceptors (Lipinski definition) is 32. The fraction of sp³-hybridized carbons (Fsp3) is 0.810. The lowest BCUT2D eigenvalue weighted by molar-refractivity contribution is -0.147. The maximum Gasteiger partial charge on any atom is 0.305 e. The van der Waals surface area contributed by atoms with Crippen LogP contribution in [0.1, 0.15) is 334 Å². The van der Waals surface area contributed by atoms with Gasteiger partial charge in [0.05, 0.1) is 106 Å². The van der Waals surface area contributed by atoms with E-state index in [2.05, 4.69) is 11.7 Å². The number of carbonyl (C=O) groups excluding carboxylic acids is 16. The predicted octanol–water partition coefficient (Wildman–Crippen LogP) is 13.2. The minimum atomic E-state index is -0.397. The Morgan fingerprint density at radius 3 is 0.328 bits per heavy atom. The first-order valence-electron chi connectivity index (χ1n) is 42.6. The monoisotopic (exact) mass is 1660 g/mol. The normalized spacial score (nSPS) is 10.7. The van der Waals surface area contributed by atoms with E-state index >= 15 is 0 Å². The summed E-state index contributed by atoms with van der Waals surface area (Å²) in [6.45, 7) is 4.80. The Hall–Kier alpha value is -8.48. The molecule has 666 valence electrons. The molecule has 0 amide bonds. The van der Waals surface area contributed by atoms with Gasteiger partial charge in [0.15, 0.2) is 0 Å². The quantitative estimate of drug-likeness (QED) is 0.0310. The average Bonchev–Trinajstić information content (AvgIpc) is 1.52. The molecule has 0 saturated heterocycles. The molecule has 0 aromatic heterocycles. The Labute approximate surface area is 685 Å². The lowest BCUT2D eigenvalue weighted by atomic mass is 10.1. The SMILES string of the molecule is CCCCCCCC(=O)OCCCCC(=O)OCCCCC(=O)OCCCCC(=O)OCCCCC(=O)OCCCCC(=O)OCCCCC(=O)OCCCCC(=O)OCCCCC(=O)OCCCCC(=O)OCCCCC(=O)OCCCCC(=O)OCCCCC(=O)OCCCCC(=O)OCCCCC(=O)OCCCCC(=O)OC. The summed E-state index contributed by atoms with van der Waals surface area (Å²) in [7, 11) is 1.32. The van der Waals surface area contributed by atoms with E-state index in [0.29, 0.717) is 206 Å². The summed E-state index contributed by atoms with van der Waals surface area (Å²) in [5.41, 5.74) is 0. The zero-order chi connectivity index (χ0) is 85.2. The molecule has 32 nitrogen and oxygen atoms in total. The first kappa shape index (κ1) is 108. The molecule has 0 N–H and O–H groups in total. The van der Waals surface area contributed by atoms with E-state index < -0.39 is 35.8 Å². The molecule has 0 aromatic rings. The highest BCUT2D eigenvalue weighted by Crippen LogP contribution is 2.14. The number of ether oxygens (including phenoxy) is 16. The zero-order valence-corrected chi connectivity index (χ0v) is 69.7. The summed E-state index contributed by atoms with van der Waals surface area (Å²) < 4.78 is 82.7. The van der Waals surface area contributed by atoms with Crippen molar-refractivity contribution in [2.24, 2.45) is 0 Å². The standard InChI is InChI=1S/C84H138O32/c1-3-4-5-6-7-39-70(86)102-55-24-9-41-72(88)104-57-26-11-43-74(90)106-59-28-13-45-76(92)108-61-30-15-47-78(94)110-63-32-17-49-80(96)112-65-34-19-51-82(98)114-67-36-21-53-84(100)116-68-37-22-52-83(99)115-66-35-20-50-81(97)113-64-33-18-48-79(95)111-62-31-16-46-77(93)109-60-29-14-44-75(91)107-58-27-12-42-73(89)105-56-25-10-40-71(87)103-54-23-8-38-69(85)101-2/h3-68H2,1-2H3. The van der Waals surface area contributed by atoms with Crippen LogP contribution in [0.3, 0.4) is 0 Å². The molecule has 32 heteroatoms. The van der Waals surface area contributed by atoms with Crippen LogP contribution in [0.5, 0.6) is 0 Å². The van der Waals surface area contributed by atoms with Gasteiger partial charge in [-0.05, 0) is 199 Å². The molecule has 0 rings (SSSR count). The third-order valence-electron chi connectivity index (χ3n) is 17.3. The number of unbranched alkanes of at least 4 members (excludes halogenated alkanes) is 19. The van der Waals surface area contributed by atoms with Crippen LogP contribution in [-0.2, 0) is 153 Å². The van der Waals surface area contributed by atoms with E-state index in [4.69, 9.17) is 71.1 Å². The van der Waals surface area contributed by atoms with Crippen molar-refractivity contribution in [3.63, 3.8) is 0 Å². The van der Waals surface area contributed by atoms with E-state index in [0.717, 1.165) is 25.7 Å². The molecular formula is C84H138O32. The molecule has 0 unspecified atom stereocenters. The second kappa shape index (κ2) is 80.3. The van der Waals surface area contributed by atoms with E-state index in [1.165, 1.54) is 13.5 Å². The molecule has 0 aliphatic carbocycles. The molecule has 116 heavy (non-hydrogen) atoms. The lowest BCUT2D eigenvalue weighted by Crippen LogP contribution is -2.10. The van der Waals surface area contributed by atoms with Crippen molar-refractivity contribution in [3.8, 4) is 0 Å². The minimum Gasteiger partial charge on any atom is -0.469 e. The van der Waals surface area contributed by atoms with E-state index in [1.54, 1.807) is 0 Å². The summed E-state index contributed by atoms with van der Waals surface area (Å²) >= 11 is 0. The van der Waals surface area contributed by atoms with Crippen molar-refractivity contribution in [1.82, 2.24) is 0 Å². The Bertz CT molecular complexity index is 2660. The van der Waals surface area contributed by atoms with E-state index in [9.17, 15) is 76.7 Å². The van der Waals surface area contributed by atoms with Crippen molar-refractivity contribution in [2.45, 2.75) is 334 Å². The van der Waals surface area contributed by atoms with Crippen LogP contribution in [0.15, 0.2) is 0 Å². The molecule has 0 aliphatic rings. The molecule has 0 saturated carbocycles. The van der Waals surface area contributed by atoms with E-state index in [-0.39, 0.29) is 249 Å². The van der Waals surface area contributed by atoms with Gasteiger partial charge in [-0.25, -0.2) is 0 Å². The van der Waals surface area contributed by atoms with Crippen LogP contribution in [0.25, 0.3) is 0 Å². The van der Waals surface area contributed by atoms with Gasteiger partial charge in [0.2, 0.25) is 0 Å². The highest BCUT2D eigenvalue weighted by atomic mass is 16.6. The number of methoxy groups -OCH3 is 1. The molecular weight excluding hydrogens is 1520 g/mol. The summed E-state index contributed by atoms with van der Waals surface area (Å²) in [6, 6.07) is 0. The van der Waals surface area contributed by atoms with Gasteiger partial charge < -0.3 is 75.8 Å². The number of rotatable bonds is 81.